The summed E-state index contributed by atoms with van der Waals surface area (Å²) in [5.74, 6) is 0.152. The molecule has 11 heavy (non-hydrogen) atoms. The summed E-state index contributed by atoms with van der Waals surface area (Å²) in [5, 5.41) is 3.54. The Balaban J connectivity index is 2.13. The summed E-state index contributed by atoms with van der Waals surface area (Å²) in [7, 11) is 0. The number of nitrogens with zero attached hydrogens (tertiary/aromatic N) is 3. The minimum atomic E-state index is -0.282. The summed E-state index contributed by atoms with van der Waals surface area (Å²) in [4.78, 5) is 13.6. The molecule has 2 bridgehead atoms. The molecule has 2 heterocycles. The van der Waals surface area contributed by atoms with E-state index in [4.69, 9.17) is 10.3 Å². The third-order valence-electron chi connectivity index (χ3n) is 2.19. The van der Waals surface area contributed by atoms with E-state index in [9.17, 15) is 4.79 Å². The molecule has 2 rings (SSSR count). The first-order valence-corrected chi connectivity index (χ1v) is 3.53. The van der Waals surface area contributed by atoms with Gasteiger partial charge in [-0.15, -0.1) is 0 Å². The van der Waals surface area contributed by atoms with E-state index < -0.39 is 0 Å². The van der Waals surface area contributed by atoms with Crippen LogP contribution < -0.4 is 0 Å². The average molecular weight is 153 g/mol. The van der Waals surface area contributed by atoms with Crippen molar-refractivity contribution in [3.63, 3.8) is 0 Å². The number of Topliss-reactive ketones (excluding diaryl/α,β-unsaturated/α-hetero) is 1. The topological polar surface area (TPSA) is 75.1 Å². The molecule has 58 valence electrons. The van der Waals surface area contributed by atoms with E-state index in [1.807, 2.05) is 0 Å². The molecule has 0 unspecified atom stereocenters. The van der Waals surface area contributed by atoms with Gasteiger partial charge in [-0.2, -0.15) is 0 Å². The third kappa shape index (κ3) is 0.895. The number of carbonyl (C=O) groups excluding carboxylic acids is 1. The van der Waals surface area contributed by atoms with Crippen molar-refractivity contribution < 1.29 is 9.53 Å². The summed E-state index contributed by atoms with van der Waals surface area (Å²) in [6.45, 7) is 0. The Hall–Kier alpha value is -1.06. The number of hydrogen-bond donors (Lipinski definition) is 0. The van der Waals surface area contributed by atoms with Crippen LogP contribution in [0.2, 0.25) is 0 Å². The first-order valence-electron chi connectivity index (χ1n) is 3.53. The monoisotopic (exact) mass is 153 g/mol. The van der Waals surface area contributed by atoms with Gasteiger partial charge in [0.1, 0.15) is 6.10 Å². The van der Waals surface area contributed by atoms with Crippen molar-refractivity contribution >= 4 is 5.78 Å². The van der Waals surface area contributed by atoms with Crippen LogP contribution in [0.15, 0.2) is 5.11 Å². The highest BCUT2D eigenvalue weighted by Gasteiger charge is 2.45. The van der Waals surface area contributed by atoms with E-state index >= 15 is 0 Å². The van der Waals surface area contributed by atoms with Crippen molar-refractivity contribution in [2.45, 2.75) is 31.1 Å². The third-order valence-corrected chi connectivity index (χ3v) is 2.19. The van der Waals surface area contributed by atoms with Crippen LogP contribution in [0.4, 0.5) is 0 Å². The lowest BCUT2D eigenvalue weighted by molar-refractivity contribution is -0.121. The van der Waals surface area contributed by atoms with E-state index in [1.165, 1.54) is 0 Å². The van der Waals surface area contributed by atoms with Crippen LogP contribution in [0.3, 0.4) is 0 Å². The molecule has 5 heteroatoms. The Labute approximate surface area is 63.0 Å². The molecule has 0 spiro atoms. The quantitative estimate of drug-likeness (QED) is 0.317. The maximum absolute atomic E-state index is 10.9. The fourth-order valence-electron chi connectivity index (χ4n) is 1.64. The highest BCUT2D eigenvalue weighted by molar-refractivity contribution is 5.86. The van der Waals surface area contributed by atoms with Crippen LogP contribution in [0.1, 0.15) is 12.8 Å². The molecule has 0 aromatic carbocycles. The van der Waals surface area contributed by atoms with Gasteiger partial charge in [-0.25, -0.2) is 0 Å². The Morgan fingerprint density at radius 3 is 3.00 bits per heavy atom. The van der Waals surface area contributed by atoms with Gasteiger partial charge in [-0.3, -0.25) is 4.79 Å². The van der Waals surface area contributed by atoms with Crippen LogP contribution in [-0.4, -0.2) is 24.0 Å². The van der Waals surface area contributed by atoms with Gasteiger partial charge < -0.3 is 4.74 Å². The predicted octanol–water partition coefficient (Wildman–Crippen LogP) is 0.796. The molecule has 5 nitrogen and oxygen atoms in total. The fourth-order valence-corrected chi connectivity index (χ4v) is 1.64. The van der Waals surface area contributed by atoms with E-state index in [-0.39, 0.29) is 24.0 Å². The van der Waals surface area contributed by atoms with Crippen LogP contribution >= 0.6 is 0 Å². The van der Waals surface area contributed by atoms with E-state index in [0.717, 1.165) is 0 Å². The molecular formula is C6H7N3O2. The lowest BCUT2D eigenvalue weighted by Crippen LogP contribution is -2.25. The average Bonchev–Trinajstić information content (AvgIpc) is 2.47. The van der Waals surface area contributed by atoms with Crippen molar-refractivity contribution in [2.75, 3.05) is 0 Å². The standard InChI is InChI=1S/C6H7N3O2/c7-9-8-3-1-6-4(10)2-5(3)11-6/h3,5-6H,1-2H2/t3-,5+,6+/m1/s1. The Bertz CT molecular complexity index is 246. The number of hydrogen-bond acceptors (Lipinski definition) is 3. The minimum absolute atomic E-state index is 0.109. The number of azide groups is 1. The number of carbonyl (C=O) groups is 1. The Morgan fingerprint density at radius 1 is 1.73 bits per heavy atom. The largest absolute Gasteiger partial charge is 0.366 e. The highest BCUT2D eigenvalue weighted by Crippen LogP contribution is 2.33. The highest BCUT2D eigenvalue weighted by atomic mass is 16.5. The maximum atomic E-state index is 10.9. The molecule has 0 saturated carbocycles. The summed E-state index contributed by atoms with van der Waals surface area (Å²) in [5.41, 5.74) is 8.14. The molecule has 2 aliphatic heterocycles. The van der Waals surface area contributed by atoms with E-state index in [0.29, 0.717) is 12.8 Å². The number of ketones is 1. The fraction of sp³-hybridized carbons (Fsp3) is 0.833. The normalized spacial score (nSPS) is 40.7. The molecule has 3 atom stereocenters. The zero-order chi connectivity index (χ0) is 7.84. The lowest BCUT2D eigenvalue weighted by Gasteiger charge is -2.10. The van der Waals surface area contributed by atoms with Gasteiger partial charge in [0.25, 0.3) is 0 Å². The van der Waals surface area contributed by atoms with Crippen LogP contribution in [0.5, 0.6) is 0 Å². The summed E-state index contributed by atoms with van der Waals surface area (Å²) >= 11 is 0. The van der Waals surface area contributed by atoms with Gasteiger partial charge in [0.15, 0.2) is 5.78 Å². The first-order chi connectivity index (χ1) is 5.31. The molecule has 2 fully saturated rings. The summed E-state index contributed by atoms with van der Waals surface area (Å²) in [6.07, 6.45) is 0.584. The molecular weight excluding hydrogens is 146 g/mol. The van der Waals surface area contributed by atoms with E-state index in [1.54, 1.807) is 0 Å². The smallest absolute Gasteiger partial charge is 0.164 e. The van der Waals surface area contributed by atoms with E-state index in [2.05, 4.69) is 10.0 Å². The van der Waals surface area contributed by atoms with Gasteiger partial charge in [0, 0.05) is 11.3 Å². The van der Waals surface area contributed by atoms with Gasteiger partial charge >= 0.3 is 0 Å². The van der Waals surface area contributed by atoms with Gasteiger partial charge in [-0.1, -0.05) is 5.11 Å². The first kappa shape index (κ1) is 6.64. The van der Waals surface area contributed by atoms with Crippen molar-refractivity contribution in [2.24, 2.45) is 5.11 Å². The van der Waals surface area contributed by atoms with Crippen molar-refractivity contribution in [1.29, 1.82) is 0 Å². The number of fused-ring (bicyclic) bond motifs is 2. The molecule has 0 amide bonds. The SMILES string of the molecule is [N-]=[N+]=N[C@@H]1C[C@@H]2O[C@H]1CC2=O. The molecule has 2 saturated heterocycles. The second-order valence-electron chi connectivity index (χ2n) is 2.84. The predicted molar refractivity (Wildman–Crippen MR) is 35.8 cm³/mol. The second-order valence-corrected chi connectivity index (χ2v) is 2.84. The molecule has 2 aliphatic rings. The number of ether oxygens (including phenoxy) is 1. The molecule has 0 aromatic heterocycles. The molecule has 0 aliphatic carbocycles. The van der Waals surface area contributed by atoms with Crippen LogP contribution in [-0.2, 0) is 9.53 Å². The van der Waals surface area contributed by atoms with Gasteiger partial charge in [-0.05, 0) is 12.0 Å². The van der Waals surface area contributed by atoms with Gasteiger partial charge in [0.05, 0.1) is 12.1 Å². The summed E-state index contributed by atoms with van der Waals surface area (Å²) in [6, 6.07) is -0.109. The lowest BCUT2D eigenvalue weighted by atomic mass is 9.95. The van der Waals surface area contributed by atoms with Crippen molar-refractivity contribution in [3.8, 4) is 0 Å². The zero-order valence-corrected chi connectivity index (χ0v) is 5.80. The number of rotatable bonds is 1. The Kier molecular flexibility index (Phi) is 1.34. The van der Waals surface area contributed by atoms with Crippen molar-refractivity contribution in [1.82, 2.24) is 0 Å². The Morgan fingerprint density at radius 2 is 2.55 bits per heavy atom. The molecule has 0 radical (unpaired) electrons. The minimum Gasteiger partial charge on any atom is -0.366 e. The molecule has 0 N–H and O–H groups in total. The summed E-state index contributed by atoms with van der Waals surface area (Å²) < 4.78 is 5.24. The van der Waals surface area contributed by atoms with Crippen LogP contribution in [0, 0.1) is 0 Å². The van der Waals surface area contributed by atoms with Crippen molar-refractivity contribution in [3.05, 3.63) is 10.4 Å². The van der Waals surface area contributed by atoms with Gasteiger partial charge in [0.2, 0.25) is 0 Å². The second kappa shape index (κ2) is 2.22. The molecule has 0 aromatic rings. The maximum Gasteiger partial charge on any atom is 0.164 e. The zero-order valence-electron chi connectivity index (χ0n) is 5.80. The van der Waals surface area contributed by atoms with Crippen LogP contribution in [0.25, 0.3) is 10.4 Å².